The molecule has 135 valence electrons. The van der Waals surface area contributed by atoms with E-state index in [2.05, 4.69) is 104 Å². The van der Waals surface area contributed by atoms with E-state index >= 15 is 0 Å². The predicted molar refractivity (Wildman–Crippen MR) is 120 cm³/mol. The molecule has 0 spiro atoms. The molecule has 1 heteroatoms. The van der Waals surface area contributed by atoms with Crippen LogP contribution >= 0.6 is 0 Å². The molecule has 2 unspecified atom stereocenters. The van der Waals surface area contributed by atoms with Crippen LogP contribution in [0.5, 0.6) is 0 Å². The van der Waals surface area contributed by atoms with Gasteiger partial charge < -0.3 is 0 Å². The molecule has 3 radical (unpaired) electrons. The van der Waals surface area contributed by atoms with Crippen molar-refractivity contribution >= 4 is 27.6 Å². The minimum Gasteiger partial charge on any atom is -0.0642 e. The van der Waals surface area contributed by atoms with Crippen LogP contribution < -0.4 is 5.19 Å². The van der Waals surface area contributed by atoms with Crippen LogP contribution in [0.3, 0.4) is 0 Å². The highest BCUT2D eigenvalue weighted by Crippen LogP contribution is 2.48. The Morgan fingerprint density at radius 1 is 0.607 bits per heavy atom. The molecule has 0 saturated carbocycles. The van der Waals surface area contributed by atoms with Gasteiger partial charge in [-0.1, -0.05) is 89.1 Å². The Morgan fingerprint density at radius 2 is 1.14 bits per heavy atom. The maximum absolute atomic E-state index is 3.87. The van der Waals surface area contributed by atoms with Crippen LogP contribution in [-0.4, -0.2) is 10.2 Å². The van der Waals surface area contributed by atoms with E-state index in [9.17, 15) is 0 Å². The largest absolute Gasteiger partial charge is 0.0715 e. The van der Waals surface area contributed by atoms with Crippen molar-refractivity contribution in [1.82, 2.24) is 0 Å². The highest BCUT2D eigenvalue weighted by Gasteiger charge is 2.32. The molecular formula is C27H23Si. The lowest BCUT2D eigenvalue weighted by Crippen LogP contribution is -2.18. The number of fused-ring (bicyclic) bond motifs is 2. The van der Waals surface area contributed by atoms with E-state index in [-0.39, 0.29) is 0 Å². The minimum atomic E-state index is 0.322. The van der Waals surface area contributed by atoms with E-state index in [0.717, 1.165) is 0 Å². The number of benzene rings is 3. The summed E-state index contributed by atoms with van der Waals surface area (Å²) in [5.41, 5.74) is 12.7. The maximum atomic E-state index is 3.87. The van der Waals surface area contributed by atoms with E-state index in [1.807, 2.05) is 0 Å². The number of rotatable bonds is 2. The lowest BCUT2D eigenvalue weighted by molar-refractivity contribution is 0.887. The van der Waals surface area contributed by atoms with Gasteiger partial charge >= 0.3 is 0 Å². The quantitative estimate of drug-likeness (QED) is 0.490. The summed E-state index contributed by atoms with van der Waals surface area (Å²) in [5, 5.41) is 1.18. The summed E-state index contributed by atoms with van der Waals surface area (Å²) in [5.74, 6) is 0.654. The van der Waals surface area contributed by atoms with Crippen LogP contribution in [0, 0.1) is 6.92 Å². The third-order valence-corrected chi connectivity index (χ3v) is 6.98. The second-order valence-corrected chi connectivity index (χ2v) is 8.68. The molecule has 0 saturated heterocycles. The number of allylic oxidation sites excluding steroid dienone is 2. The summed E-state index contributed by atoms with van der Waals surface area (Å²) < 4.78 is 0. The molecule has 2 aliphatic rings. The van der Waals surface area contributed by atoms with Gasteiger partial charge in [-0.2, -0.15) is 0 Å². The summed E-state index contributed by atoms with van der Waals surface area (Å²) in [6, 6.07) is 22.2. The number of hydrogen-bond donors (Lipinski definition) is 0. The van der Waals surface area contributed by atoms with E-state index in [4.69, 9.17) is 0 Å². The predicted octanol–water partition coefficient (Wildman–Crippen LogP) is 5.89. The third-order valence-electron chi connectivity index (χ3n) is 6.44. The van der Waals surface area contributed by atoms with E-state index in [1.54, 1.807) is 0 Å². The fourth-order valence-electron chi connectivity index (χ4n) is 5.14. The summed E-state index contributed by atoms with van der Waals surface area (Å²) in [7, 11) is 3.87. The molecular weight excluding hydrogens is 352 g/mol. The standard InChI is InChI=1S/C27H23Si/c1-16-14-19-8-4-6-10-21(19)25(16)23-12-13-24(28)18(3)27(23)26-17(2)15-20-9-5-7-11-22(20)26/h4-15,25-26H,1-3H3. The summed E-state index contributed by atoms with van der Waals surface area (Å²) in [6.45, 7) is 6.81. The van der Waals surface area contributed by atoms with Crippen molar-refractivity contribution in [1.29, 1.82) is 0 Å². The van der Waals surface area contributed by atoms with Gasteiger partial charge in [0.15, 0.2) is 0 Å². The van der Waals surface area contributed by atoms with Gasteiger partial charge in [-0.15, -0.1) is 0 Å². The highest BCUT2D eigenvalue weighted by atomic mass is 28.1. The van der Waals surface area contributed by atoms with Gasteiger partial charge in [0.05, 0.1) is 10.2 Å². The molecule has 0 aromatic heterocycles. The van der Waals surface area contributed by atoms with Gasteiger partial charge in [0.2, 0.25) is 0 Å². The van der Waals surface area contributed by atoms with Crippen LogP contribution in [0.2, 0.25) is 0 Å². The zero-order valence-electron chi connectivity index (χ0n) is 16.6. The zero-order chi connectivity index (χ0) is 19.4. The topological polar surface area (TPSA) is 0 Å². The SMILES string of the molecule is CC1=Cc2ccccc2C1c1ccc([Si])c(C)c1C1C(C)=Cc2ccccc21. The van der Waals surface area contributed by atoms with Crippen molar-refractivity contribution < 1.29 is 0 Å². The summed E-state index contributed by atoms with van der Waals surface area (Å²) in [6.07, 6.45) is 4.71. The Balaban J connectivity index is 1.76. The first-order chi connectivity index (χ1) is 13.6. The first-order valence-corrected chi connectivity index (χ1v) is 10.5. The van der Waals surface area contributed by atoms with E-state index in [1.165, 1.54) is 55.3 Å². The van der Waals surface area contributed by atoms with Gasteiger partial charge in [-0.05, 0) is 59.7 Å². The average Bonchev–Trinajstić information content (AvgIpc) is 3.19. The van der Waals surface area contributed by atoms with E-state index < -0.39 is 0 Å². The monoisotopic (exact) mass is 375 g/mol. The minimum absolute atomic E-state index is 0.322. The van der Waals surface area contributed by atoms with Crippen molar-refractivity contribution in [2.45, 2.75) is 32.6 Å². The Hall–Kier alpha value is -2.64. The molecule has 0 N–H and O–H groups in total. The molecule has 28 heavy (non-hydrogen) atoms. The molecule has 3 aromatic rings. The fraction of sp³-hybridized carbons (Fsp3) is 0.185. The molecule has 3 aromatic carbocycles. The molecule has 0 heterocycles. The van der Waals surface area contributed by atoms with Crippen LogP contribution in [0.1, 0.15) is 64.6 Å². The maximum Gasteiger partial charge on any atom is 0.0715 e. The second kappa shape index (κ2) is 6.46. The Labute approximate surface area is 171 Å². The van der Waals surface area contributed by atoms with Crippen molar-refractivity contribution in [2.24, 2.45) is 0 Å². The number of hydrogen-bond acceptors (Lipinski definition) is 0. The molecule has 5 rings (SSSR count). The molecule has 2 atom stereocenters. The normalized spacial score (nSPS) is 19.9. The lowest BCUT2D eigenvalue weighted by atomic mass is 9.77. The van der Waals surface area contributed by atoms with Gasteiger partial charge in [-0.25, -0.2) is 0 Å². The molecule has 2 aliphatic carbocycles. The first-order valence-electron chi connectivity index (χ1n) is 9.95. The van der Waals surface area contributed by atoms with Crippen LogP contribution in [0.25, 0.3) is 12.2 Å². The molecule has 0 bridgehead atoms. The Bertz CT molecular complexity index is 1160. The van der Waals surface area contributed by atoms with Crippen molar-refractivity contribution in [3.63, 3.8) is 0 Å². The van der Waals surface area contributed by atoms with Crippen LogP contribution in [0.4, 0.5) is 0 Å². The van der Waals surface area contributed by atoms with E-state index in [0.29, 0.717) is 11.8 Å². The fourth-order valence-corrected chi connectivity index (χ4v) is 5.36. The average molecular weight is 376 g/mol. The van der Waals surface area contributed by atoms with Crippen LogP contribution in [-0.2, 0) is 0 Å². The first kappa shape index (κ1) is 17.5. The van der Waals surface area contributed by atoms with Crippen LogP contribution in [0.15, 0.2) is 71.8 Å². The summed E-state index contributed by atoms with van der Waals surface area (Å²) >= 11 is 0. The molecule has 0 fully saturated rings. The summed E-state index contributed by atoms with van der Waals surface area (Å²) in [4.78, 5) is 0. The van der Waals surface area contributed by atoms with Gasteiger partial charge in [0, 0.05) is 11.8 Å². The molecule has 0 nitrogen and oxygen atoms in total. The van der Waals surface area contributed by atoms with Crippen molar-refractivity contribution in [3.05, 3.63) is 111 Å². The molecule has 0 aliphatic heterocycles. The highest BCUT2D eigenvalue weighted by molar-refractivity contribution is 6.33. The smallest absolute Gasteiger partial charge is 0.0642 e. The third kappa shape index (κ3) is 2.50. The van der Waals surface area contributed by atoms with Gasteiger partial charge in [0.1, 0.15) is 0 Å². The van der Waals surface area contributed by atoms with Crippen molar-refractivity contribution in [2.75, 3.05) is 0 Å². The Morgan fingerprint density at radius 3 is 1.79 bits per heavy atom. The van der Waals surface area contributed by atoms with Gasteiger partial charge in [-0.3, -0.25) is 0 Å². The lowest BCUT2D eigenvalue weighted by Gasteiger charge is -2.27. The Kier molecular flexibility index (Phi) is 4.03. The van der Waals surface area contributed by atoms with Gasteiger partial charge in [0.25, 0.3) is 0 Å². The van der Waals surface area contributed by atoms with Crippen molar-refractivity contribution in [3.8, 4) is 0 Å². The second-order valence-electron chi connectivity index (χ2n) is 8.14. The molecule has 0 amide bonds. The zero-order valence-corrected chi connectivity index (χ0v) is 17.6.